The number of ketones is 1. The number of hydrogen-bond acceptors (Lipinski definition) is 4. The predicted molar refractivity (Wildman–Crippen MR) is 75.0 cm³/mol. The molecular weight excluding hydrogens is 274 g/mol. The Kier molecular flexibility index (Phi) is 2.95. The minimum absolute atomic E-state index is 0.0113. The lowest BCUT2D eigenvalue weighted by atomic mass is 9.69. The minimum Gasteiger partial charge on any atom is -0.299 e. The van der Waals surface area contributed by atoms with E-state index in [0.29, 0.717) is 17.5 Å². The maximum atomic E-state index is 12.7. The van der Waals surface area contributed by atoms with Crippen molar-refractivity contribution in [1.82, 2.24) is 5.32 Å². The second kappa shape index (κ2) is 4.58. The van der Waals surface area contributed by atoms with Crippen LogP contribution >= 0.6 is 11.8 Å². The maximum absolute atomic E-state index is 12.7. The van der Waals surface area contributed by atoms with Crippen LogP contribution in [0.5, 0.6) is 0 Å². The third kappa shape index (κ3) is 1.71. The van der Waals surface area contributed by atoms with Crippen molar-refractivity contribution < 1.29 is 14.4 Å². The van der Waals surface area contributed by atoms with Crippen LogP contribution in [-0.4, -0.2) is 28.1 Å². The summed E-state index contributed by atoms with van der Waals surface area (Å²) < 4.78 is 0. The first kappa shape index (κ1) is 12.9. The Balaban J connectivity index is 1.65. The molecule has 0 bridgehead atoms. The van der Waals surface area contributed by atoms with E-state index in [1.165, 1.54) is 6.42 Å². The summed E-state index contributed by atoms with van der Waals surface area (Å²) in [6.45, 7) is 0. The van der Waals surface area contributed by atoms with Crippen molar-refractivity contribution in [2.24, 2.45) is 23.7 Å². The maximum Gasteiger partial charge on any atom is 0.231 e. The monoisotopic (exact) mass is 293 g/mol. The van der Waals surface area contributed by atoms with E-state index >= 15 is 0 Å². The fraction of sp³-hybridized carbons (Fsp3) is 0.800. The van der Waals surface area contributed by atoms with E-state index in [1.807, 2.05) is 11.8 Å². The van der Waals surface area contributed by atoms with E-state index in [4.69, 9.17) is 0 Å². The number of rotatable bonds is 0. The molecule has 108 valence electrons. The zero-order chi connectivity index (χ0) is 13.9. The fourth-order valence-electron chi connectivity index (χ4n) is 4.65. The molecule has 6 unspecified atom stereocenters. The van der Waals surface area contributed by atoms with Gasteiger partial charge in [0.15, 0.2) is 0 Å². The Morgan fingerprint density at radius 3 is 2.45 bits per heavy atom. The van der Waals surface area contributed by atoms with Gasteiger partial charge in [-0.3, -0.25) is 19.7 Å². The molecule has 2 saturated heterocycles. The molecule has 0 aromatic rings. The fourth-order valence-corrected chi connectivity index (χ4v) is 6.76. The molecule has 4 nitrogen and oxygen atoms in total. The van der Waals surface area contributed by atoms with E-state index in [1.54, 1.807) is 0 Å². The summed E-state index contributed by atoms with van der Waals surface area (Å²) >= 11 is 1.85. The van der Waals surface area contributed by atoms with Gasteiger partial charge in [-0.2, -0.15) is 11.8 Å². The predicted octanol–water partition coefficient (Wildman–Crippen LogP) is 1.53. The van der Waals surface area contributed by atoms with Crippen LogP contribution in [0.25, 0.3) is 0 Å². The highest BCUT2D eigenvalue weighted by Gasteiger charge is 2.57. The van der Waals surface area contributed by atoms with Crippen LogP contribution in [0.4, 0.5) is 0 Å². The van der Waals surface area contributed by atoms with Crippen molar-refractivity contribution in [1.29, 1.82) is 0 Å². The molecule has 6 atom stereocenters. The van der Waals surface area contributed by atoms with Crippen molar-refractivity contribution in [2.45, 2.75) is 49.0 Å². The van der Waals surface area contributed by atoms with E-state index in [0.717, 1.165) is 25.7 Å². The van der Waals surface area contributed by atoms with Gasteiger partial charge in [-0.1, -0.05) is 12.8 Å². The van der Waals surface area contributed by atoms with Crippen LogP contribution in [0.2, 0.25) is 0 Å². The molecule has 20 heavy (non-hydrogen) atoms. The largest absolute Gasteiger partial charge is 0.299 e. The number of carbonyl (C=O) groups excluding carboxylic acids is 3. The Bertz CT molecular complexity index is 492. The third-order valence-electron chi connectivity index (χ3n) is 5.62. The molecule has 2 aliphatic heterocycles. The highest BCUT2D eigenvalue weighted by molar-refractivity contribution is 8.00. The second-order valence-corrected chi connectivity index (χ2v) is 8.02. The summed E-state index contributed by atoms with van der Waals surface area (Å²) in [5.74, 6) is -0.0585. The van der Waals surface area contributed by atoms with Gasteiger partial charge in [0.2, 0.25) is 11.8 Å². The SMILES string of the molecule is O=C1C2CCCCC2SC2C1CCC1C(=O)NC(=O)C12. The average molecular weight is 293 g/mol. The van der Waals surface area contributed by atoms with Crippen LogP contribution in [0.3, 0.4) is 0 Å². The Morgan fingerprint density at radius 2 is 1.60 bits per heavy atom. The molecule has 0 radical (unpaired) electrons. The molecule has 5 heteroatoms. The highest BCUT2D eigenvalue weighted by Crippen LogP contribution is 2.53. The number of nitrogens with one attached hydrogen (secondary N) is 1. The summed E-state index contributed by atoms with van der Waals surface area (Å²) in [5, 5.41) is 2.91. The third-order valence-corrected chi connectivity index (χ3v) is 7.47. The van der Waals surface area contributed by atoms with Gasteiger partial charge in [-0.25, -0.2) is 0 Å². The number of amides is 2. The quantitative estimate of drug-likeness (QED) is 0.688. The number of imide groups is 1. The first-order valence-corrected chi connectivity index (χ1v) is 8.65. The molecule has 4 fully saturated rings. The van der Waals surface area contributed by atoms with Crippen molar-refractivity contribution >= 4 is 29.4 Å². The molecule has 2 amide bonds. The lowest BCUT2D eigenvalue weighted by molar-refractivity contribution is -0.132. The molecule has 4 aliphatic rings. The van der Waals surface area contributed by atoms with Crippen LogP contribution in [0.1, 0.15) is 38.5 Å². The molecule has 0 aromatic heterocycles. The summed E-state index contributed by atoms with van der Waals surface area (Å²) in [7, 11) is 0. The van der Waals surface area contributed by atoms with Crippen molar-refractivity contribution in [3.05, 3.63) is 0 Å². The molecule has 2 aliphatic carbocycles. The Morgan fingerprint density at radius 1 is 0.850 bits per heavy atom. The lowest BCUT2D eigenvalue weighted by Crippen LogP contribution is -2.51. The number of hydrogen-bond donors (Lipinski definition) is 1. The van der Waals surface area contributed by atoms with Gasteiger partial charge >= 0.3 is 0 Å². The number of fused-ring (bicyclic) bond motifs is 4. The smallest absolute Gasteiger partial charge is 0.231 e. The Hall–Kier alpha value is -0.840. The van der Waals surface area contributed by atoms with E-state index in [9.17, 15) is 14.4 Å². The number of Topliss-reactive ketones (excluding diaryl/α,β-unsaturated/α-hetero) is 1. The first-order chi connectivity index (χ1) is 9.66. The summed E-state index contributed by atoms with van der Waals surface area (Å²) in [5.41, 5.74) is 0. The molecule has 0 spiro atoms. The Labute approximate surface area is 122 Å². The van der Waals surface area contributed by atoms with Crippen molar-refractivity contribution in [3.63, 3.8) is 0 Å². The molecule has 2 saturated carbocycles. The second-order valence-electron chi connectivity index (χ2n) is 6.60. The zero-order valence-corrected chi connectivity index (χ0v) is 12.2. The van der Waals surface area contributed by atoms with Gasteiger partial charge in [0, 0.05) is 22.3 Å². The highest BCUT2D eigenvalue weighted by atomic mass is 32.2. The van der Waals surface area contributed by atoms with Crippen LogP contribution in [-0.2, 0) is 14.4 Å². The first-order valence-electron chi connectivity index (χ1n) is 7.70. The summed E-state index contributed by atoms with van der Waals surface area (Å²) in [6.07, 6.45) is 5.97. The van der Waals surface area contributed by atoms with E-state index in [-0.39, 0.29) is 40.7 Å². The van der Waals surface area contributed by atoms with Crippen LogP contribution in [0, 0.1) is 23.7 Å². The molecule has 0 aromatic carbocycles. The van der Waals surface area contributed by atoms with Crippen LogP contribution < -0.4 is 5.32 Å². The molecular formula is C15H19NO3S. The standard InChI is InChI=1S/C15H19NO3S/c17-12-7-3-1-2-4-10(7)20-13-9(12)6-5-8-11(13)15(19)16-14(8)18/h7-11,13H,1-6H2,(H,16,18,19). The lowest BCUT2D eigenvalue weighted by Gasteiger charge is -2.46. The van der Waals surface area contributed by atoms with Crippen molar-refractivity contribution in [3.8, 4) is 0 Å². The zero-order valence-electron chi connectivity index (χ0n) is 11.3. The van der Waals surface area contributed by atoms with E-state index < -0.39 is 0 Å². The van der Waals surface area contributed by atoms with Gasteiger partial charge in [-0.15, -0.1) is 0 Å². The molecule has 1 N–H and O–H groups in total. The van der Waals surface area contributed by atoms with Gasteiger partial charge in [0.1, 0.15) is 5.78 Å². The molecule has 4 rings (SSSR count). The van der Waals surface area contributed by atoms with Gasteiger partial charge in [0.05, 0.1) is 11.8 Å². The van der Waals surface area contributed by atoms with Crippen molar-refractivity contribution in [2.75, 3.05) is 0 Å². The minimum atomic E-state index is -0.252. The van der Waals surface area contributed by atoms with Gasteiger partial charge in [-0.05, 0) is 25.7 Å². The van der Waals surface area contributed by atoms with Crippen LogP contribution in [0.15, 0.2) is 0 Å². The summed E-state index contributed by atoms with van der Waals surface area (Å²) in [6, 6.07) is 0. The number of thioether (sulfide) groups is 1. The normalized spacial score (nSPS) is 47.3. The summed E-state index contributed by atoms with van der Waals surface area (Å²) in [4.78, 5) is 36.7. The molecule has 2 heterocycles. The van der Waals surface area contributed by atoms with E-state index in [2.05, 4.69) is 5.32 Å². The average Bonchev–Trinajstić information content (AvgIpc) is 2.74. The number of carbonyl (C=O) groups is 3. The van der Waals surface area contributed by atoms with Gasteiger partial charge < -0.3 is 0 Å². The van der Waals surface area contributed by atoms with Gasteiger partial charge in [0.25, 0.3) is 0 Å². The topological polar surface area (TPSA) is 63.2 Å².